The van der Waals surface area contributed by atoms with Gasteiger partial charge < -0.3 is 5.11 Å². The number of rotatable bonds is 3. The minimum atomic E-state index is -0.611. The van der Waals surface area contributed by atoms with E-state index in [9.17, 15) is 4.79 Å². The molecule has 0 heterocycles. The Kier molecular flexibility index (Phi) is 4.47. The third-order valence-corrected chi connectivity index (χ3v) is 5.08. The van der Waals surface area contributed by atoms with Gasteiger partial charge in [-0.3, -0.25) is 4.79 Å². The standard InChI is InChI=1S/C15H26O2/c1-11-2-6-13(7-3-11)14-8-4-12(5-9-14)10-15(16)17/h11-14H,2-10H2,1H3,(H,16,17)/t11-,12?,13-,14?. The Morgan fingerprint density at radius 3 is 1.88 bits per heavy atom. The van der Waals surface area contributed by atoms with E-state index in [1.54, 1.807) is 0 Å². The Morgan fingerprint density at radius 1 is 0.941 bits per heavy atom. The molecule has 0 atom stereocenters. The smallest absolute Gasteiger partial charge is 0.303 e. The molecule has 0 unspecified atom stereocenters. The third-order valence-electron chi connectivity index (χ3n) is 5.08. The molecule has 2 rings (SSSR count). The van der Waals surface area contributed by atoms with Crippen molar-refractivity contribution in [3.05, 3.63) is 0 Å². The molecule has 0 bridgehead atoms. The highest BCUT2D eigenvalue weighted by atomic mass is 16.4. The highest BCUT2D eigenvalue weighted by Gasteiger charge is 2.30. The van der Waals surface area contributed by atoms with Gasteiger partial charge in [0.25, 0.3) is 0 Å². The molecule has 0 radical (unpaired) electrons. The average molecular weight is 238 g/mol. The summed E-state index contributed by atoms with van der Waals surface area (Å²) in [6.45, 7) is 2.37. The predicted octanol–water partition coefficient (Wildman–Crippen LogP) is 4.09. The molecule has 0 amide bonds. The Morgan fingerprint density at radius 2 is 1.41 bits per heavy atom. The van der Waals surface area contributed by atoms with Gasteiger partial charge in [0.2, 0.25) is 0 Å². The lowest BCUT2D eigenvalue weighted by Gasteiger charge is -2.37. The molecule has 2 aliphatic carbocycles. The Balaban J connectivity index is 1.73. The lowest BCUT2D eigenvalue weighted by molar-refractivity contribution is -0.138. The van der Waals surface area contributed by atoms with E-state index < -0.39 is 5.97 Å². The molecular weight excluding hydrogens is 212 g/mol. The first-order valence-corrected chi connectivity index (χ1v) is 7.37. The molecular formula is C15H26O2. The Bertz CT molecular complexity index is 246. The van der Waals surface area contributed by atoms with Crippen LogP contribution in [0.3, 0.4) is 0 Å². The van der Waals surface area contributed by atoms with Crippen LogP contribution in [0.15, 0.2) is 0 Å². The molecule has 2 nitrogen and oxygen atoms in total. The second kappa shape index (κ2) is 5.88. The highest BCUT2D eigenvalue weighted by molar-refractivity contribution is 5.67. The van der Waals surface area contributed by atoms with Crippen molar-refractivity contribution < 1.29 is 9.90 Å². The van der Waals surface area contributed by atoms with E-state index in [-0.39, 0.29) is 0 Å². The molecule has 2 fully saturated rings. The van der Waals surface area contributed by atoms with E-state index in [0.29, 0.717) is 12.3 Å². The van der Waals surface area contributed by atoms with Crippen molar-refractivity contribution in [3.63, 3.8) is 0 Å². The molecule has 17 heavy (non-hydrogen) atoms. The first-order valence-electron chi connectivity index (χ1n) is 7.37. The first kappa shape index (κ1) is 12.9. The van der Waals surface area contributed by atoms with Crippen molar-refractivity contribution in [2.75, 3.05) is 0 Å². The molecule has 0 aromatic heterocycles. The van der Waals surface area contributed by atoms with Crippen LogP contribution in [0.1, 0.15) is 64.7 Å². The molecule has 0 spiro atoms. The summed E-state index contributed by atoms with van der Waals surface area (Å²) in [5, 5.41) is 8.81. The first-order chi connectivity index (χ1) is 8.15. The number of hydrogen-bond acceptors (Lipinski definition) is 1. The van der Waals surface area contributed by atoms with Crippen molar-refractivity contribution in [1.82, 2.24) is 0 Å². The Labute approximate surface area is 105 Å². The van der Waals surface area contributed by atoms with Crippen LogP contribution in [0.4, 0.5) is 0 Å². The van der Waals surface area contributed by atoms with Crippen molar-refractivity contribution in [3.8, 4) is 0 Å². The van der Waals surface area contributed by atoms with Crippen molar-refractivity contribution in [2.24, 2.45) is 23.7 Å². The van der Waals surface area contributed by atoms with Crippen molar-refractivity contribution in [2.45, 2.75) is 64.7 Å². The minimum absolute atomic E-state index is 0.397. The molecule has 2 saturated carbocycles. The summed E-state index contributed by atoms with van der Waals surface area (Å²) in [6.07, 6.45) is 11.0. The van der Waals surface area contributed by atoms with Gasteiger partial charge in [-0.25, -0.2) is 0 Å². The van der Waals surface area contributed by atoms with Crippen LogP contribution in [-0.2, 0) is 4.79 Å². The van der Waals surface area contributed by atoms with Crippen LogP contribution >= 0.6 is 0 Å². The third kappa shape index (κ3) is 3.72. The maximum Gasteiger partial charge on any atom is 0.303 e. The Hall–Kier alpha value is -0.530. The molecule has 2 heteroatoms. The fourth-order valence-electron chi connectivity index (χ4n) is 3.87. The second-order valence-corrected chi connectivity index (χ2v) is 6.40. The minimum Gasteiger partial charge on any atom is -0.481 e. The van der Waals surface area contributed by atoms with Crippen molar-refractivity contribution in [1.29, 1.82) is 0 Å². The fourth-order valence-corrected chi connectivity index (χ4v) is 3.87. The SMILES string of the molecule is C[C@H]1CC[C@H](C2CCC(CC(=O)O)CC2)CC1. The summed E-state index contributed by atoms with van der Waals surface area (Å²) in [4.78, 5) is 10.7. The molecule has 1 N–H and O–H groups in total. The van der Waals surface area contributed by atoms with Gasteiger partial charge in [-0.2, -0.15) is 0 Å². The van der Waals surface area contributed by atoms with Gasteiger partial charge in [-0.15, -0.1) is 0 Å². The quantitative estimate of drug-likeness (QED) is 0.804. The number of hydrogen-bond donors (Lipinski definition) is 1. The van der Waals surface area contributed by atoms with Gasteiger partial charge in [0.15, 0.2) is 0 Å². The maximum absolute atomic E-state index is 10.7. The number of carbonyl (C=O) groups is 1. The highest BCUT2D eigenvalue weighted by Crippen LogP contribution is 2.41. The summed E-state index contributed by atoms with van der Waals surface area (Å²) < 4.78 is 0. The molecule has 98 valence electrons. The predicted molar refractivity (Wildman–Crippen MR) is 68.8 cm³/mol. The van der Waals surface area contributed by atoms with E-state index >= 15 is 0 Å². The van der Waals surface area contributed by atoms with E-state index in [4.69, 9.17) is 5.11 Å². The molecule has 0 aliphatic heterocycles. The second-order valence-electron chi connectivity index (χ2n) is 6.40. The molecule has 0 aromatic rings. The van der Waals surface area contributed by atoms with E-state index in [0.717, 1.165) is 30.6 Å². The van der Waals surface area contributed by atoms with Crippen molar-refractivity contribution >= 4 is 5.97 Å². The maximum atomic E-state index is 10.7. The van der Waals surface area contributed by atoms with Gasteiger partial charge >= 0.3 is 5.97 Å². The fraction of sp³-hybridized carbons (Fsp3) is 0.933. The normalized spacial score (nSPS) is 38.9. The number of aliphatic carboxylic acids is 1. The van der Waals surface area contributed by atoms with Gasteiger partial charge in [0.1, 0.15) is 0 Å². The zero-order valence-corrected chi connectivity index (χ0v) is 11.0. The topological polar surface area (TPSA) is 37.3 Å². The van der Waals surface area contributed by atoms with Gasteiger partial charge in [-0.05, 0) is 62.2 Å². The molecule has 0 aromatic carbocycles. The van der Waals surface area contributed by atoms with Crippen LogP contribution < -0.4 is 0 Å². The van der Waals surface area contributed by atoms with E-state index in [1.807, 2.05) is 0 Å². The monoisotopic (exact) mass is 238 g/mol. The molecule has 2 aliphatic rings. The summed E-state index contributed by atoms with van der Waals surface area (Å²) >= 11 is 0. The van der Waals surface area contributed by atoms with E-state index in [2.05, 4.69) is 6.92 Å². The summed E-state index contributed by atoms with van der Waals surface area (Å²) in [5.41, 5.74) is 0. The van der Waals surface area contributed by atoms with Crippen LogP contribution in [0, 0.1) is 23.7 Å². The van der Waals surface area contributed by atoms with Gasteiger partial charge in [0, 0.05) is 6.42 Å². The van der Waals surface area contributed by atoms with E-state index in [1.165, 1.54) is 38.5 Å². The summed E-state index contributed by atoms with van der Waals surface area (Å²) in [5.74, 6) is 2.66. The van der Waals surface area contributed by atoms with Crippen LogP contribution in [0.2, 0.25) is 0 Å². The lowest BCUT2D eigenvalue weighted by Crippen LogP contribution is -2.26. The average Bonchev–Trinajstić information content (AvgIpc) is 2.30. The van der Waals surface area contributed by atoms with Gasteiger partial charge in [-0.1, -0.05) is 19.8 Å². The van der Waals surface area contributed by atoms with Crippen LogP contribution in [0.5, 0.6) is 0 Å². The van der Waals surface area contributed by atoms with Gasteiger partial charge in [0.05, 0.1) is 0 Å². The van der Waals surface area contributed by atoms with Crippen LogP contribution in [-0.4, -0.2) is 11.1 Å². The van der Waals surface area contributed by atoms with Crippen LogP contribution in [0.25, 0.3) is 0 Å². The number of carboxylic acids is 1. The summed E-state index contributed by atoms with van der Waals surface area (Å²) in [6, 6.07) is 0. The zero-order valence-electron chi connectivity index (χ0n) is 11.0. The lowest BCUT2D eigenvalue weighted by atomic mass is 9.69. The zero-order chi connectivity index (χ0) is 12.3. The largest absolute Gasteiger partial charge is 0.481 e. The number of carboxylic acid groups (broad SMARTS) is 1. The summed E-state index contributed by atoms with van der Waals surface area (Å²) in [7, 11) is 0. The molecule has 0 saturated heterocycles.